The van der Waals surface area contributed by atoms with Gasteiger partial charge in [-0.25, -0.2) is 13.6 Å². The zero-order valence-corrected chi connectivity index (χ0v) is 14.6. The van der Waals surface area contributed by atoms with E-state index in [2.05, 4.69) is 9.71 Å². The Morgan fingerprint density at radius 1 is 1.42 bits per heavy atom. The molecule has 0 aromatic heterocycles. The Bertz CT molecular complexity index is 716. The molecule has 14 heteroatoms. The third-order valence-electron chi connectivity index (χ3n) is 4.26. The quantitative estimate of drug-likeness (QED) is 0.414. The average molecular weight is 400 g/mol. The average Bonchev–Trinajstić information content (AvgIpc) is 2.81. The summed E-state index contributed by atoms with van der Waals surface area (Å²) in [4.78, 5) is 36.6. The largest absolute Gasteiger partial charge is 0.418 e. The second kappa shape index (κ2) is 6.92. The van der Waals surface area contributed by atoms with E-state index in [0.29, 0.717) is 11.3 Å². The number of carbonyl (C=O) groups is 3. The molecule has 3 N–H and O–H groups in total. The van der Waals surface area contributed by atoms with Crippen LogP contribution in [0.1, 0.15) is 26.7 Å². The smallest absolute Gasteiger partial charge is 0.308 e. The van der Waals surface area contributed by atoms with Crippen molar-refractivity contribution in [1.29, 1.82) is 0 Å². The molecule has 4 amide bonds. The number of halogens is 2. The fraction of sp³-hybridized carbons (Fsp3) is 0.750. The van der Waals surface area contributed by atoms with Crippen LogP contribution in [0, 0.1) is 5.92 Å². The Labute approximate surface area is 147 Å². The summed E-state index contributed by atoms with van der Waals surface area (Å²) in [7, 11) is -5.21. The molecule has 2 saturated heterocycles. The maximum Gasteiger partial charge on any atom is 0.418 e. The van der Waals surface area contributed by atoms with Crippen molar-refractivity contribution in [2.75, 3.05) is 6.54 Å². The lowest BCUT2D eigenvalue weighted by atomic mass is 9.96. The molecule has 2 fully saturated rings. The van der Waals surface area contributed by atoms with Crippen molar-refractivity contribution in [1.82, 2.24) is 20.8 Å². The zero-order valence-electron chi connectivity index (χ0n) is 13.8. The van der Waals surface area contributed by atoms with Gasteiger partial charge in [0.1, 0.15) is 12.1 Å². The zero-order chi connectivity index (χ0) is 19.9. The molecule has 0 radical (unpaired) electrons. The van der Waals surface area contributed by atoms with Crippen molar-refractivity contribution in [2.45, 2.75) is 44.7 Å². The van der Waals surface area contributed by atoms with Gasteiger partial charge in [-0.2, -0.15) is 13.5 Å². The molecule has 2 aliphatic rings. The number of piperidine rings is 1. The number of hydroxylamine groups is 2. The van der Waals surface area contributed by atoms with Crippen LogP contribution in [-0.2, 0) is 24.3 Å². The van der Waals surface area contributed by atoms with Crippen molar-refractivity contribution in [3.8, 4) is 0 Å². The van der Waals surface area contributed by atoms with Gasteiger partial charge in [-0.3, -0.25) is 25.0 Å². The van der Waals surface area contributed by atoms with Crippen molar-refractivity contribution in [3.05, 3.63) is 0 Å². The number of hydrogen-bond donors (Lipinski definition) is 3. The van der Waals surface area contributed by atoms with E-state index in [1.54, 1.807) is 13.8 Å². The topological polar surface area (TPSA) is 145 Å². The summed E-state index contributed by atoms with van der Waals surface area (Å²) in [6.07, 6.45) is -0.628. The van der Waals surface area contributed by atoms with Gasteiger partial charge in [-0.05, 0) is 6.42 Å². The Kier molecular flexibility index (Phi) is 5.39. The van der Waals surface area contributed by atoms with E-state index in [0.717, 1.165) is 0 Å². The fourth-order valence-electron chi connectivity index (χ4n) is 2.60. The molecule has 0 aromatic rings. The number of urea groups is 1. The SMILES string of the molecule is CCC(C)C(=O)NNC(=O)[C@@H]1CC(F)(F)[C@@H]2CN1C(=O)N2OS(=O)(=O)O. The van der Waals surface area contributed by atoms with Gasteiger partial charge in [0.2, 0.25) is 5.91 Å². The van der Waals surface area contributed by atoms with Crippen LogP contribution in [0.2, 0.25) is 0 Å². The third kappa shape index (κ3) is 4.02. The Morgan fingerprint density at radius 2 is 2.04 bits per heavy atom. The minimum absolute atomic E-state index is 0.166. The van der Waals surface area contributed by atoms with E-state index in [4.69, 9.17) is 4.55 Å². The first-order valence-electron chi connectivity index (χ1n) is 7.61. The van der Waals surface area contributed by atoms with Crippen LogP contribution in [0.15, 0.2) is 0 Å². The van der Waals surface area contributed by atoms with Crippen LogP contribution >= 0.6 is 0 Å². The van der Waals surface area contributed by atoms with E-state index in [-0.39, 0.29) is 5.06 Å². The van der Waals surface area contributed by atoms with Crippen LogP contribution in [-0.4, -0.2) is 65.3 Å². The molecule has 148 valence electrons. The summed E-state index contributed by atoms with van der Waals surface area (Å²) >= 11 is 0. The Morgan fingerprint density at radius 3 is 2.58 bits per heavy atom. The maximum atomic E-state index is 14.2. The van der Waals surface area contributed by atoms with Crippen LogP contribution < -0.4 is 10.9 Å². The molecule has 26 heavy (non-hydrogen) atoms. The third-order valence-corrected chi connectivity index (χ3v) is 4.61. The molecule has 2 rings (SSSR count). The van der Waals surface area contributed by atoms with Crippen molar-refractivity contribution < 1.29 is 40.4 Å². The Balaban J connectivity index is 2.14. The van der Waals surface area contributed by atoms with Gasteiger partial charge in [0.25, 0.3) is 11.8 Å². The number of alkyl halides is 2. The van der Waals surface area contributed by atoms with Crippen LogP contribution in [0.4, 0.5) is 13.6 Å². The fourth-order valence-corrected chi connectivity index (χ4v) is 2.97. The molecule has 11 nitrogen and oxygen atoms in total. The lowest BCUT2D eigenvalue weighted by molar-refractivity contribution is -0.154. The number of amides is 4. The number of carbonyl (C=O) groups excluding carboxylic acids is 3. The highest BCUT2D eigenvalue weighted by Crippen LogP contribution is 2.40. The standard InChI is InChI=1S/C12H18F2N4O7S/c1-3-6(2)9(19)15-16-10(20)7-4-12(13,14)8-5-17(7)11(21)18(8)25-26(22,23)24/h6-8H,3-5H2,1-2H3,(H,15,19)(H,16,20)(H,22,23,24)/t6?,7-,8-/m0/s1. The van der Waals surface area contributed by atoms with E-state index in [9.17, 15) is 31.6 Å². The molecule has 0 saturated carbocycles. The number of hydrazine groups is 1. The molecule has 2 heterocycles. The molecule has 0 spiro atoms. The van der Waals surface area contributed by atoms with E-state index in [1.165, 1.54) is 0 Å². The van der Waals surface area contributed by atoms with Gasteiger partial charge in [-0.1, -0.05) is 13.8 Å². The molecule has 1 unspecified atom stereocenters. The van der Waals surface area contributed by atoms with Crippen LogP contribution in [0.5, 0.6) is 0 Å². The molecular formula is C12H18F2N4O7S. The summed E-state index contributed by atoms with van der Waals surface area (Å²) in [5.41, 5.74) is 4.06. The van der Waals surface area contributed by atoms with Gasteiger partial charge < -0.3 is 4.90 Å². The molecule has 0 aliphatic carbocycles. The molecule has 0 aromatic carbocycles. The molecular weight excluding hydrogens is 382 g/mol. The van der Waals surface area contributed by atoms with E-state index >= 15 is 0 Å². The monoisotopic (exact) mass is 400 g/mol. The summed E-state index contributed by atoms with van der Waals surface area (Å²) in [5.74, 6) is -5.71. The summed E-state index contributed by atoms with van der Waals surface area (Å²) in [6, 6.07) is -4.98. The van der Waals surface area contributed by atoms with Crippen molar-refractivity contribution >= 4 is 28.2 Å². The predicted molar refractivity (Wildman–Crippen MR) is 79.5 cm³/mol. The molecule has 2 bridgehead atoms. The second-order valence-electron chi connectivity index (χ2n) is 6.05. The van der Waals surface area contributed by atoms with Gasteiger partial charge >= 0.3 is 16.4 Å². The first-order chi connectivity index (χ1) is 11.9. The first kappa shape index (κ1) is 20.3. The maximum absolute atomic E-state index is 14.2. The number of nitrogens with one attached hydrogen (secondary N) is 2. The van der Waals surface area contributed by atoms with Gasteiger partial charge in [0.05, 0.1) is 6.54 Å². The highest BCUT2D eigenvalue weighted by Gasteiger charge is 2.62. The van der Waals surface area contributed by atoms with Gasteiger partial charge in [0.15, 0.2) is 0 Å². The Hall–Kier alpha value is -2.06. The van der Waals surface area contributed by atoms with Crippen molar-refractivity contribution in [2.24, 2.45) is 5.92 Å². The predicted octanol–water partition coefficient (Wildman–Crippen LogP) is -0.572. The van der Waals surface area contributed by atoms with Crippen molar-refractivity contribution in [3.63, 3.8) is 0 Å². The lowest BCUT2D eigenvalue weighted by Gasteiger charge is -2.34. The minimum atomic E-state index is -5.21. The summed E-state index contributed by atoms with van der Waals surface area (Å²) in [5, 5.41) is -0.166. The number of hydrogen-bond acceptors (Lipinski definition) is 6. The van der Waals surface area contributed by atoms with E-state index < -0.39 is 65.1 Å². The normalized spacial score (nSPS) is 25.8. The molecule has 3 atom stereocenters. The van der Waals surface area contributed by atoms with Crippen LogP contribution in [0.3, 0.4) is 0 Å². The van der Waals surface area contributed by atoms with Gasteiger partial charge in [-0.15, -0.1) is 4.28 Å². The number of rotatable bonds is 5. The summed E-state index contributed by atoms with van der Waals surface area (Å²) in [6.45, 7) is 2.63. The lowest BCUT2D eigenvalue weighted by Crippen LogP contribution is -2.58. The minimum Gasteiger partial charge on any atom is -0.308 e. The second-order valence-corrected chi connectivity index (χ2v) is 7.05. The summed E-state index contributed by atoms with van der Waals surface area (Å²) < 4.78 is 62.6. The van der Waals surface area contributed by atoms with E-state index in [1.807, 2.05) is 5.43 Å². The van der Waals surface area contributed by atoms with Crippen LogP contribution in [0.25, 0.3) is 0 Å². The van der Waals surface area contributed by atoms with Gasteiger partial charge in [0, 0.05) is 12.3 Å². The number of nitrogens with zero attached hydrogens (tertiary/aromatic N) is 2. The number of fused-ring (bicyclic) bond motifs is 2. The first-order valence-corrected chi connectivity index (χ1v) is 8.98. The molecule has 2 aliphatic heterocycles. The highest BCUT2D eigenvalue weighted by atomic mass is 32.3. The highest BCUT2D eigenvalue weighted by molar-refractivity contribution is 7.80.